The van der Waals surface area contributed by atoms with Gasteiger partial charge in [-0.05, 0) is 55.8 Å². The predicted octanol–water partition coefficient (Wildman–Crippen LogP) is 3.76. The Balaban J connectivity index is 1.30. The van der Waals surface area contributed by atoms with Gasteiger partial charge in [-0.2, -0.15) is 4.98 Å². The number of benzene rings is 2. The van der Waals surface area contributed by atoms with E-state index in [0.29, 0.717) is 30.2 Å². The average molecular weight is 408 g/mol. The van der Waals surface area contributed by atoms with Gasteiger partial charge in [-0.15, -0.1) is 0 Å². The first-order valence-corrected chi connectivity index (χ1v) is 10.3. The van der Waals surface area contributed by atoms with Crippen LogP contribution in [0.3, 0.4) is 0 Å². The molecule has 0 radical (unpaired) electrons. The molecular formula is C23H25FN4O2. The topological polar surface area (TPSA) is 71.3 Å². The van der Waals surface area contributed by atoms with Gasteiger partial charge in [0.2, 0.25) is 17.6 Å². The fourth-order valence-corrected chi connectivity index (χ4v) is 3.78. The third kappa shape index (κ3) is 5.10. The lowest BCUT2D eigenvalue weighted by atomic mass is 10.1. The van der Waals surface area contributed by atoms with Gasteiger partial charge in [0, 0.05) is 24.9 Å². The lowest BCUT2D eigenvalue weighted by Gasteiger charge is -2.28. The van der Waals surface area contributed by atoms with Crippen LogP contribution >= 0.6 is 0 Å². The Morgan fingerprint density at radius 3 is 2.57 bits per heavy atom. The maximum Gasteiger partial charge on any atom is 0.227 e. The van der Waals surface area contributed by atoms with Crippen LogP contribution in [-0.4, -0.2) is 40.6 Å². The Labute approximate surface area is 175 Å². The Kier molecular flexibility index (Phi) is 6.49. The van der Waals surface area contributed by atoms with E-state index in [1.807, 2.05) is 18.2 Å². The normalized spacial score (nSPS) is 15.2. The number of hydrogen-bond donors (Lipinski definition) is 1. The number of carbonyl (C=O) groups is 1. The number of halogens is 1. The predicted molar refractivity (Wildman–Crippen MR) is 111 cm³/mol. The highest BCUT2D eigenvalue weighted by Gasteiger charge is 2.23. The van der Waals surface area contributed by atoms with E-state index in [2.05, 4.69) is 32.5 Å². The van der Waals surface area contributed by atoms with E-state index in [4.69, 9.17) is 4.52 Å². The molecule has 0 bridgehead atoms. The number of rotatable bonds is 8. The van der Waals surface area contributed by atoms with Crippen LogP contribution < -0.4 is 5.32 Å². The van der Waals surface area contributed by atoms with Crippen LogP contribution in [0.1, 0.15) is 36.8 Å². The third-order valence-corrected chi connectivity index (χ3v) is 5.39. The molecule has 30 heavy (non-hydrogen) atoms. The number of aromatic nitrogens is 2. The molecule has 1 N–H and O–H groups in total. The zero-order chi connectivity index (χ0) is 20.8. The number of carbonyl (C=O) groups excluding carboxylic acids is 1. The Bertz CT molecular complexity index is 953. The Hall–Kier alpha value is -3.06. The summed E-state index contributed by atoms with van der Waals surface area (Å²) in [6, 6.07) is 16.4. The number of amides is 1. The number of likely N-dealkylation sites (tertiary alicyclic amines) is 1. The fraction of sp³-hybridized carbons (Fsp3) is 0.348. The first kappa shape index (κ1) is 20.2. The van der Waals surface area contributed by atoms with Gasteiger partial charge in [0.25, 0.3) is 0 Å². The molecule has 1 aromatic heterocycles. The highest BCUT2D eigenvalue weighted by molar-refractivity contribution is 5.76. The quantitative estimate of drug-likeness (QED) is 0.615. The van der Waals surface area contributed by atoms with Gasteiger partial charge in [0.1, 0.15) is 5.82 Å². The first-order valence-electron chi connectivity index (χ1n) is 10.3. The van der Waals surface area contributed by atoms with Gasteiger partial charge in [0.15, 0.2) is 0 Å². The van der Waals surface area contributed by atoms with Gasteiger partial charge in [-0.25, -0.2) is 4.39 Å². The van der Waals surface area contributed by atoms with Gasteiger partial charge in [-0.1, -0.05) is 35.5 Å². The van der Waals surface area contributed by atoms with Crippen molar-refractivity contribution in [1.82, 2.24) is 20.4 Å². The summed E-state index contributed by atoms with van der Waals surface area (Å²) in [4.78, 5) is 19.2. The van der Waals surface area contributed by atoms with E-state index >= 15 is 0 Å². The molecule has 0 unspecified atom stereocenters. The van der Waals surface area contributed by atoms with E-state index in [-0.39, 0.29) is 24.2 Å². The van der Waals surface area contributed by atoms with Crippen LogP contribution in [0.25, 0.3) is 11.4 Å². The minimum Gasteiger partial charge on any atom is -0.354 e. The molecule has 2 aromatic carbocycles. The van der Waals surface area contributed by atoms with E-state index in [1.54, 1.807) is 12.1 Å². The van der Waals surface area contributed by atoms with Crippen molar-refractivity contribution in [1.29, 1.82) is 0 Å². The lowest BCUT2D eigenvalue weighted by molar-refractivity contribution is -0.121. The highest BCUT2D eigenvalue weighted by Crippen LogP contribution is 2.24. The summed E-state index contributed by atoms with van der Waals surface area (Å²) in [6.07, 6.45) is 3.03. The molecule has 1 saturated heterocycles. The highest BCUT2D eigenvalue weighted by atomic mass is 19.1. The van der Waals surface area contributed by atoms with Crippen molar-refractivity contribution in [2.24, 2.45) is 0 Å². The maximum atomic E-state index is 13.0. The molecule has 156 valence electrons. The van der Waals surface area contributed by atoms with Crippen molar-refractivity contribution < 1.29 is 13.7 Å². The second kappa shape index (κ2) is 9.63. The number of nitrogens with zero attached hydrogens (tertiary/aromatic N) is 3. The summed E-state index contributed by atoms with van der Waals surface area (Å²) < 4.78 is 18.3. The number of hydrogen-bond acceptors (Lipinski definition) is 5. The molecule has 0 spiro atoms. The molecule has 4 rings (SSSR count). The summed E-state index contributed by atoms with van der Waals surface area (Å²) in [6.45, 7) is 2.70. The third-order valence-electron chi connectivity index (χ3n) is 5.39. The van der Waals surface area contributed by atoms with E-state index < -0.39 is 0 Å². The standard InChI is InChI=1S/C23H25FN4O2/c24-19-10-8-18(9-11-19)23-26-22(30-27-23)13-12-21(29)25-16-20(28-14-4-5-15-28)17-6-2-1-3-7-17/h1-3,6-11,20H,4-5,12-16H2,(H,25,29)/t20-/m1/s1. The lowest BCUT2D eigenvalue weighted by Crippen LogP contribution is -2.36. The Morgan fingerprint density at radius 1 is 1.10 bits per heavy atom. The molecule has 1 amide bonds. The monoisotopic (exact) mass is 408 g/mol. The summed E-state index contributed by atoms with van der Waals surface area (Å²) in [7, 11) is 0. The van der Waals surface area contributed by atoms with Crippen LogP contribution in [-0.2, 0) is 11.2 Å². The largest absolute Gasteiger partial charge is 0.354 e. The molecule has 0 saturated carbocycles. The molecular weight excluding hydrogens is 383 g/mol. The van der Waals surface area contributed by atoms with Gasteiger partial charge < -0.3 is 9.84 Å². The molecule has 2 heterocycles. The molecule has 1 aliphatic heterocycles. The van der Waals surface area contributed by atoms with E-state index in [1.165, 1.54) is 30.5 Å². The van der Waals surface area contributed by atoms with Crippen LogP contribution in [0.4, 0.5) is 4.39 Å². The van der Waals surface area contributed by atoms with E-state index in [0.717, 1.165) is 13.1 Å². The van der Waals surface area contributed by atoms with Crippen LogP contribution in [0.5, 0.6) is 0 Å². The second-order valence-corrected chi connectivity index (χ2v) is 7.49. The van der Waals surface area contributed by atoms with E-state index in [9.17, 15) is 9.18 Å². The summed E-state index contributed by atoms with van der Waals surface area (Å²) in [5.41, 5.74) is 1.90. The molecule has 0 aliphatic carbocycles. The smallest absolute Gasteiger partial charge is 0.227 e. The SMILES string of the molecule is O=C(CCc1nc(-c2ccc(F)cc2)no1)NC[C@H](c1ccccc1)N1CCCC1. The molecule has 1 fully saturated rings. The zero-order valence-corrected chi connectivity index (χ0v) is 16.8. The first-order chi connectivity index (χ1) is 14.7. The maximum absolute atomic E-state index is 13.0. The van der Waals surface area contributed by atoms with Gasteiger partial charge in [-0.3, -0.25) is 9.69 Å². The van der Waals surface area contributed by atoms with Crippen molar-refractivity contribution in [3.05, 3.63) is 71.9 Å². The molecule has 1 aliphatic rings. The summed E-state index contributed by atoms with van der Waals surface area (Å²) in [5, 5.41) is 6.97. The van der Waals surface area contributed by atoms with Crippen molar-refractivity contribution in [3.63, 3.8) is 0 Å². The van der Waals surface area contributed by atoms with Crippen molar-refractivity contribution in [2.75, 3.05) is 19.6 Å². The van der Waals surface area contributed by atoms with Crippen LogP contribution in [0.15, 0.2) is 59.1 Å². The van der Waals surface area contributed by atoms with Crippen LogP contribution in [0.2, 0.25) is 0 Å². The molecule has 1 atom stereocenters. The zero-order valence-electron chi connectivity index (χ0n) is 16.8. The molecule has 3 aromatic rings. The van der Waals surface area contributed by atoms with Crippen LogP contribution in [0, 0.1) is 5.82 Å². The number of aryl methyl sites for hydroxylation is 1. The van der Waals surface area contributed by atoms with Crippen molar-refractivity contribution in [3.8, 4) is 11.4 Å². The Morgan fingerprint density at radius 2 is 1.83 bits per heavy atom. The minimum absolute atomic E-state index is 0.0448. The number of nitrogens with one attached hydrogen (secondary N) is 1. The fourth-order valence-electron chi connectivity index (χ4n) is 3.78. The van der Waals surface area contributed by atoms with Crippen molar-refractivity contribution in [2.45, 2.75) is 31.7 Å². The summed E-state index contributed by atoms with van der Waals surface area (Å²) >= 11 is 0. The van der Waals surface area contributed by atoms with Gasteiger partial charge >= 0.3 is 0 Å². The average Bonchev–Trinajstić information content (AvgIpc) is 3.46. The van der Waals surface area contributed by atoms with Crippen molar-refractivity contribution >= 4 is 5.91 Å². The molecule has 6 nitrogen and oxygen atoms in total. The summed E-state index contributed by atoms with van der Waals surface area (Å²) in [5.74, 6) is 0.422. The van der Waals surface area contributed by atoms with Gasteiger partial charge in [0.05, 0.1) is 6.04 Å². The second-order valence-electron chi connectivity index (χ2n) is 7.49. The minimum atomic E-state index is -0.318. The molecule has 7 heteroatoms.